The molecule has 0 radical (unpaired) electrons. The van der Waals surface area contributed by atoms with E-state index in [-0.39, 0.29) is 34.9 Å². The molecule has 2 aromatic rings. The molecule has 9 nitrogen and oxygen atoms in total. The van der Waals surface area contributed by atoms with Crippen LogP contribution in [0, 0.1) is 10.1 Å². The molecule has 3 N–H and O–H groups in total. The Bertz CT molecular complexity index is 956. The zero-order valence-electron chi connectivity index (χ0n) is 15.9. The van der Waals surface area contributed by atoms with Crippen molar-refractivity contribution in [2.24, 2.45) is 5.73 Å². The summed E-state index contributed by atoms with van der Waals surface area (Å²) < 4.78 is 0. The largest absolute Gasteiger partial charge is 0.366 e. The summed E-state index contributed by atoms with van der Waals surface area (Å²) in [6, 6.07) is 5.74. The first-order chi connectivity index (χ1) is 14.3. The van der Waals surface area contributed by atoms with Crippen LogP contribution >= 0.6 is 23.1 Å². The highest BCUT2D eigenvalue weighted by atomic mass is 32.2. The van der Waals surface area contributed by atoms with Gasteiger partial charge in [0.2, 0.25) is 11.8 Å². The van der Waals surface area contributed by atoms with Gasteiger partial charge in [0.1, 0.15) is 0 Å². The van der Waals surface area contributed by atoms with E-state index in [4.69, 9.17) is 5.73 Å². The number of nitrogens with zero attached hydrogens (tertiary/aromatic N) is 2. The summed E-state index contributed by atoms with van der Waals surface area (Å²) in [6.07, 6.45) is 1.31. The van der Waals surface area contributed by atoms with Gasteiger partial charge >= 0.3 is 0 Å². The van der Waals surface area contributed by atoms with Crippen molar-refractivity contribution in [1.82, 2.24) is 10.2 Å². The van der Waals surface area contributed by atoms with Crippen LogP contribution in [0.25, 0.3) is 0 Å². The molecule has 3 rings (SSSR count). The minimum Gasteiger partial charge on any atom is -0.366 e. The molecule has 0 unspecified atom stereocenters. The number of benzene rings is 1. The minimum absolute atomic E-state index is 0.0107. The number of piperidine rings is 1. The number of nitro benzene ring substituents is 1. The summed E-state index contributed by atoms with van der Waals surface area (Å²) >= 11 is 2.52. The van der Waals surface area contributed by atoms with E-state index in [1.54, 1.807) is 16.3 Å². The predicted octanol–water partition coefficient (Wildman–Crippen LogP) is 2.27. The van der Waals surface area contributed by atoms with Gasteiger partial charge < -0.3 is 16.0 Å². The van der Waals surface area contributed by atoms with Crippen LogP contribution in [0.1, 0.15) is 33.6 Å². The molecule has 0 saturated carbocycles. The number of nitro groups is 1. The van der Waals surface area contributed by atoms with Crippen molar-refractivity contribution in [2.45, 2.75) is 23.8 Å². The number of primary amides is 1. The van der Waals surface area contributed by atoms with Gasteiger partial charge in [-0.25, -0.2) is 0 Å². The normalized spacial score (nSPS) is 14.3. The highest BCUT2D eigenvalue weighted by molar-refractivity contribution is 8.00. The van der Waals surface area contributed by atoms with Crippen molar-refractivity contribution in [3.8, 4) is 0 Å². The number of thioether (sulfide) groups is 1. The summed E-state index contributed by atoms with van der Waals surface area (Å²) in [6.45, 7) is 1.02. The maximum Gasteiger partial charge on any atom is 0.283 e. The van der Waals surface area contributed by atoms with Crippen LogP contribution in [0.3, 0.4) is 0 Å². The minimum atomic E-state index is -0.750. The van der Waals surface area contributed by atoms with E-state index < -0.39 is 10.8 Å². The Kier molecular flexibility index (Phi) is 7.06. The van der Waals surface area contributed by atoms with Crippen LogP contribution in [-0.4, -0.2) is 52.4 Å². The molecule has 11 heteroatoms. The summed E-state index contributed by atoms with van der Waals surface area (Å²) in [4.78, 5) is 48.5. The van der Waals surface area contributed by atoms with Crippen molar-refractivity contribution < 1.29 is 19.3 Å². The summed E-state index contributed by atoms with van der Waals surface area (Å²) in [7, 11) is 0. The van der Waals surface area contributed by atoms with E-state index in [0.717, 1.165) is 17.8 Å². The van der Waals surface area contributed by atoms with E-state index in [0.29, 0.717) is 36.4 Å². The van der Waals surface area contributed by atoms with Gasteiger partial charge in [-0.2, -0.15) is 11.3 Å². The van der Waals surface area contributed by atoms with Crippen LogP contribution in [0.4, 0.5) is 5.69 Å². The number of nitrogens with two attached hydrogens (primary N) is 1. The molecule has 1 aromatic heterocycles. The van der Waals surface area contributed by atoms with Gasteiger partial charge in [-0.15, -0.1) is 11.8 Å². The second kappa shape index (κ2) is 9.72. The number of rotatable bonds is 7. The fraction of sp³-hybridized carbons (Fsp3) is 0.316. The lowest BCUT2D eigenvalue weighted by atomic mass is 10.0. The quantitative estimate of drug-likeness (QED) is 0.379. The lowest BCUT2D eigenvalue weighted by Crippen LogP contribution is -2.47. The molecule has 1 saturated heterocycles. The molecular formula is C19H20N4O5S2. The van der Waals surface area contributed by atoms with Gasteiger partial charge in [0.25, 0.3) is 11.6 Å². The van der Waals surface area contributed by atoms with Crippen LogP contribution < -0.4 is 11.1 Å². The first-order valence-corrected chi connectivity index (χ1v) is 11.1. The highest BCUT2D eigenvalue weighted by Gasteiger charge is 2.25. The SMILES string of the molecule is NC(=O)c1ccc(SCC(=O)N2CCC(NC(=O)c3ccsc3)CC2)c([N+](=O)[O-])c1. The third kappa shape index (κ3) is 5.36. The van der Waals surface area contributed by atoms with E-state index in [9.17, 15) is 24.5 Å². The van der Waals surface area contributed by atoms with Crippen LogP contribution in [0.2, 0.25) is 0 Å². The van der Waals surface area contributed by atoms with Crippen LogP contribution in [0.15, 0.2) is 39.9 Å². The first-order valence-electron chi connectivity index (χ1n) is 9.17. The third-order valence-electron chi connectivity index (χ3n) is 4.76. The molecule has 158 valence electrons. The molecule has 2 heterocycles. The lowest BCUT2D eigenvalue weighted by Gasteiger charge is -2.32. The van der Waals surface area contributed by atoms with Gasteiger partial charge in [-0.05, 0) is 36.4 Å². The maximum absolute atomic E-state index is 12.5. The molecule has 1 aliphatic rings. The van der Waals surface area contributed by atoms with Gasteiger partial charge in [0.05, 0.1) is 15.6 Å². The van der Waals surface area contributed by atoms with E-state index >= 15 is 0 Å². The third-order valence-corrected chi connectivity index (χ3v) is 6.49. The smallest absolute Gasteiger partial charge is 0.283 e. The van der Waals surface area contributed by atoms with Gasteiger partial charge in [0, 0.05) is 41.7 Å². The lowest BCUT2D eigenvalue weighted by molar-refractivity contribution is -0.387. The number of thiophene rings is 1. The Morgan fingerprint density at radius 1 is 1.23 bits per heavy atom. The predicted molar refractivity (Wildman–Crippen MR) is 114 cm³/mol. The molecule has 0 bridgehead atoms. The molecule has 3 amide bonds. The summed E-state index contributed by atoms with van der Waals surface area (Å²) in [5.74, 6) is -0.943. The Balaban J connectivity index is 1.51. The number of hydrogen-bond acceptors (Lipinski definition) is 7. The fourth-order valence-corrected chi connectivity index (χ4v) is 4.64. The average molecular weight is 449 g/mol. The Morgan fingerprint density at radius 2 is 1.97 bits per heavy atom. The van der Waals surface area contributed by atoms with Crippen LogP contribution in [-0.2, 0) is 4.79 Å². The molecular weight excluding hydrogens is 428 g/mol. The number of hydrogen-bond donors (Lipinski definition) is 2. The Morgan fingerprint density at radius 3 is 2.57 bits per heavy atom. The maximum atomic E-state index is 12.5. The highest BCUT2D eigenvalue weighted by Crippen LogP contribution is 2.30. The molecule has 1 aliphatic heterocycles. The zero-order chi connectivity index (χ0) is 21.7. The Labute approximate surface area is 180 Å². The number of nitrogens with one attached hydrogen (secondary N) is 1. The van der Waals surface area contributed by atoms with Crippen molar-refractivity contribution in [3.05, 3.63) is 56.3 Å². The molecule has 0 aliphatic carbocycles. The van der Waals surface area contributed by atoms with Crippen molar-refractivity contribution >= 4 is 46.5 Å². The molecule has 30 heavy (non-hydrogen) atoms. The molecule has 1 fully saturated rings. The average Bonchev–Trinajstić information content (AvgIpc) is 3.27. The topological polar surface area (TPSA) is 136 Å². The summed E-state index contributed by atoms with van der Waals surface area (Å²) in [5, 5.41) is 17.9. The number of amides is 3. The monoisotopic (exact) mass is 448 g/mol. The first kappa shape index (κ1) is 21.8. The van der Waals surface area contributed by atoms with E-state index in [1.165, 1.54) is 23.5 Å². The van der Waals surface area contributed by atoms with Gasteiger partial charge in [-0.1, -0.05) is 0 Å². The number of likely N-dealkylation sites (tertiary alicyclic amines) is 1. The van der Waals surface area contributed by atoms with Gasteiger partial charge in [0.15, 0.2) is 0 Å². The molecule has 0 spiro atoms. The zero-order valence-corrected chi connectivity index (χ0v) is 17.5. The van der Waals surface area contributed by atoms with Crippen LogP contribution in [0.5, 0.6) is 0 Å². The molecule has 1 aromatic carbocycles. The van der Waals surface area contributed by atoms with E-state index in [1.807, 2.05) is 5.38 Å². The van der Waals surface area contributed by atoms with Crippen molar-refractivity contribution in [2.75, 3.05) is 18.8 Å². The van der Waals surface area contributed by atoms with E-state index in [2.05, 4.69) is 5.32 Å². The number of carbonyl (C=O) groups is 3. The summed E-state index contributed by atoms with van der Waals surface area (Å²) in [5.41, 5.74) is 5.60. The second-order valence-corrected chi connectivity index (χ2v) is 8.53. The number of carbonyl (C=O) groups excluding carboxylic acids is 3. The molecule has 0 atom stereocenters. The Hall–Kier alpha value is -2.92. The second-order valence-electron chi connectivity index (χ2n) is 6.73. The van der Waals surface area contributed by atoms with Gasteiger partial charge in [-0.3, -0.25) is 24.5 Å². The fourth-order valence-electron chi connectivity index (χ4n) is 3.10. The van der Waals surface area contributed by atoms with Crippen molar-refractivity contribution in [3.63, 3.8) is 0 Å². The van der Waals surface area contributed by atoms with Crippen molar-refractivity contribution in [1.29, 1.82) is 0 Å². The standard InChI is InChI=1S/C19H20N4O5S2/c20-18(25)12-1-2-16(15(9-12)23(27)28)30-11-17(24)22-6-3-14(4-7-22)21-19(26)13-5-8-29-10-13/h1-2,5,8-10,14H,3-4,6-7,11H2,(H2,20,25)(H,21,26).